The van der Waals surface area contributed by atoms with Crippen LogP contribution in [0.15, 0.2) is 30.3 Å². The second-order valence-corrected chi connectivity index (χ2v) is 8.27. The number of hydrogen-bond donors (Lipinski definition) is 1. The Balaban J connectivity index is 1.50. The summed E-state index contributed by atoms with van der Waals surface area (Å²) in [6.07, 6.45) is 6.67. The summed E-state index contributed by atoms with van der Waals surface area (Å²) in [6, 6.07) is 11.1. The van der Waals surface area contributed by atoms with Gasteiger partial charge in [-0.25, -0.2) is 0 Å². The van der Waals surface area contributed by atoms with E-state index in [0.717, 1.165) is 51.9 Å². The van der Waals surface area contributed by atoms with Crippen LogP contribution in [0.4, 0.5) is 0 Å². The second kappa shape index (κ2) is 9.01. The molecule has 0 amide bonds. The Morgan fingerprint density at radius 2 is 2.00 bits per heavy atom. The van der Waals surface area contributed by atoms with E-state index in [1.54, 1.807) is 0 Å². The van der Waals surface area contributed by atoms with Crippen molar-refractivity contribution >= 4 is 5.97 Å². The van der Waals surface area contributed by atoms with Crippen LogP contribution in [0.5, 0.6) is 0 Å². The molecule has 1 N–H and O–H groups in total. The molecule has 2 atom stereocenters. The fourth-order valence-corrected chi connectivity index (χ4v) is 4.68. The van der Waals surface area contributed by atoms with Crippen LogP contribution >= 0.6 is 0 Å². The van der Waals surface area contributed by atoms with Crippen LogP contribution in [0.3, 0.4) is 0 Å². The Kier molecular flexibility index (Phi) is 6.71. The zero-order valence-electron chi connectivity index (χ0n) is 16.4. The number of benzene rings is 1. The zero-order valence-corrected chi connectivity index (χ0v) is 16.4. The molecule has 3 rings (SSSR count). The van der Waals surface area contributed by atoms with E-state index in [4.69, 9.17) is 4.74 Å². The number of methoxy groups -OCH3 is 1. The third-order valence-corrected chi connectivity index (χ3v) is 6.46. The molecule has 4 heteroatoms. The van der Waals surface area contributed by atoms with Crippen molar-refractivity contribution in [2.45, 2.75) is 58.0 Å². The third-order valence-electron chi connectivity index (χ3n) is 6.46. The van der Waals surface area contributed by atoms with Gasteiger partial charge in [-0.1, -0.05) is 49.6 Å². The molecule has 1 aliphatic carbocycles. The van der Waals surface area contributed by atoms with E-state index < -0.39 is 0 Å². The van der Waals surface area contributed by atoms with Crippen LogP contribution < -0.4 is 5.32 Å². The third kappa shape index (κ3) is 4.66. The molecular formula is C22H34N2O2. The van der Waals surface area contributed by atoms with Gasteiger partial charge in [0.15, 0.2) is 0 Å². The molecule has 144 valence electrons. The van der Waals surface area contributed by atoms with E-state index in [2.05, 4.69) is 47.5 Å². The van der Waals surface area contributed by atoms with Crippen molar-refractivity contribution < 1.29 is 9.53 Å². The van der Waals surface area contributed by atoms with E-state index in [1.165, 1.54) is 25.5 Å². The van der Waals surface area contributed by atoms with Crippen molar-refractivity contribution in [3.8, 4) is 0 Å². The van der Waals surface area contributed by atoms with Crippen molar-refractivity contribution in [3.63, 3.8) is 0 Å². The molecule has 2 aliphatic rings. The minimum atomic E-state index is -0.302. The Labute approximate surface area is 158 Å². The van der Waals surface area contributed by atoms with Gasteiger partial charge in [-0.15, -0.1) is 0 Å². The van der Waals surface area contributed by atoms with E-state index in [0.29, 0.717) is 12.0 Å². The van der Waals surface area contributed by atoms with E-state index >= 15 is 0 Å². The molecule has 1 heterocycles. The van der Waals surface area contributed by atoms with Gasteiger partial charge >= 0.3 is 5.97 Å². The number of carbonyl (C=O) groups is 1. The second-order valence-electron chi connectivity index (χ2n) is 8.27. The molecule has 1 aromatic carbocycles. The Bertz CT molecular complexity index is 569. The number of rotatable bonds is 7. The lowest BCUT2D eigenvalue weighted by molar-refractivity contribution is -0.154. The first-order valence-corrected chi connectivity index (χ1v) is 10.2. The molecule has 1 aromatic rings. The number of hydrogen-bond acceptors (Lipinski definition) is 4. The highest BCUT2D eigenvalue weighted by atomic mass is 16.5. The van der Waals surface area contributed by atoms with Crippen LogP contribution in [0.2, 0.25) is 0 Å². The highest BCUT2D eigenvalue weighted by molar-refractivity contribution is 5.77. The molecule has 2 fully saturated rings. The Morgan fingerprint density at radius 3 is 2.69 bits per heavy atom. The fourth-order valence-electron chi connectivity index (χ4n) is 4.68. The zero-order chi connectivity index (χ0) is 18.4. The summed E-state index contributed by atoms with van der Waals surface area (Å²) < 4.78 is 5.15. The van der Waals surface area contributed by atoms with Gasteiger partial charge < -0.3 is 10.1 Å². The highest BCUT2D eigenvalue weighted by Crippen LogP contribution is 2.37. The molecule has 26 heavy (non-hydrogen) atoms. The number of likely N-dealkylation sites (tertiary alicyclic amines) is 1. The highest BCUT2D eigenvalue weighted by Gasteiger charge is 2.41. The van der Waals surface area contributed by atoms with Crippen molar-refractivity contribution in [3.05, 3.63) is 35.9 Å². The van der Waals surface area contributed by atoms with Gasteiger partial charge in [0.2, 0.25) is 0 Å². The van der Waals surface area contributed by atoms with Gasteiger partial charge in [-0.2, -0.15) is 0 Å². The largest absolute Gasteiger partial charge is 0.469 e. The van der Waals surface area contributed by atoms with Crippen LogP contribution in [-0.2, 0) is 16.1 Å². The summed E-state index contributed by atoms with van der Waals surface area (Å²) in [6.45, 7) is 6.37. The Hall–Kier alpha value is -1.39. The van der Waals surface area contributed by atoms with E-state index in [9.17, 15) is 4.79 Å². The van der Waals surface area contributed by atoms with Crippen LogP contribution in [0.25, 0.3) is 0 Å². The first-order valence-electron chi connectivity index (χ1n) is 10.2. The maximum atomic E-state index is 12.4. The number of nitrogens with one attached hydrogen (secondary N) is 1. The molecule has 0 spiro atoms. The SMILES string of the molecule is COC(=O)C1(CN[C@@H](C)[C@@H]2CCN(Cc3ccccc3)C2)CCCCC1. The average molecular weight is 359 g/mol. The summed E-state index contributed by atoms with van der Waals surface area (Å²) in [5, 5.41) is 3.71. The smallest absolute Gasteiger partial charge is 0.313 e. The first kappa shape index (κ1) is 19.4. The summed E-state index contributed by atoms with van der Waals surface area (Å²) in [5.41, 5.74) is 1.09. The minimum absolute atomic E-state index is 0.0194. The predicted molar refractivity (Wildman–Crippen MR) is 105 cm³/mol. The predicted octanol–water partition coefficient (Wildman–Crippen LogP) is 3.61. The maximum Gasteiger partial charge on any atom is 0.313 e. The lowest BCUT2D eigenvalue weighted by Gasteiger charge is -2.36. The molecule has 0 bridgehead atoms. The summed E-state index contributed by atoms with van der Waals surface area (Å²) in [5.74, 6) is 0.631. The van der Waals surface area contributed by atoms with Crippen molar-refractivity contribution in [2.75, 3.05) is 26.7 Å². The van der Waals surface area contributed by atoms with Gasteiger partial charge in [-0.05, 0) is 44.2 Å². The number of esters is 1. The van der Waals surface area contributed by atoms with Crippen LogP contribution in [-0.4, -0.2) is 43.7 Å². The van der Waals surface area contributed by atoms with Crippen molar-refractivity contribution in [1.82, 2.24) is 10.2 Å². The van der Waals surface area contributed by atoms with E-state index in [1.807, 2.05) is 0 Å². The molecule has 1 saturated heterocycles. The molecule has 0 unspecified atom stereocenters. The lowest BCUT2D eigenvalue weighted by Crippen LogP contribution is -2.47. The Morgan fingerprint density at radius 1 is 1.27 bits per heavy atom. The molecule has 1 aliphatic heterocycles. The topological polar surface area (TPSA) is 41.6 Å². The molecule has 1 saturated carbocycles. The summed E-state index contributed by atoms with van der Waals surface area (Å²) in [4.78, 5) is 15.0. The monoisotopic (exact) mass is 358 g/mol. The minimum Gasteiger partial charge on any atom is -0.469 e. The standard InChI is InChI=1S/C22H34N2O2/c1-18(23-17-22(21(25)26-2)12-7-4-8-13-22)20-11-14-24(16-20)15-19-9-5-3-6-10-19/h3,5-6,9-10,18,20,23H,4,7-8,11-17H2,1-2H3/t18-,20+/m0/s1. The normalized spacial score (nSPS) is 24.3. The van der Waals surface area contributed by atoms with Crippen LogP contribution in [0, 0.1) is 11.3 Å². The van der Waals surface area contributed by atoms with Gasteiger partial charge in [-0.3, -0.25) is 9.69 Å². The lowest BCUT2D eigenvalue weighted by atomic mass is 9.73. The fraction of sp³-hybridized carbons (Fsp3) is 0.682. The first-order chi connectivity index (χ1) is 12.6. The van der Waals surface area contributed by atoms with Crippen molar-refractivity contribution in [2.24, 2.45) is 11.3 Å². The average Bonchev–Trinajstić information content (AvgIpc) is 3.15. The molecule has 4 nitrogen and oxygen atoms in total. The molecular weight excluding hydrogens is 324 g/mol. The quantitative estimate of drug-likeness (QED) is 0.756. The number of nitrogens with zero attached hydrogens (tertiary/aromatic N) is 1. The van der Waals surface area contributed by atoms with Gasteiger partial charge in [0.1, 0.15) is 0 Å². The van der Waals surface area contributed by atoms with Gasteiger partial charge in [0, 0.05) is 25.7 Å². The molecule has 0 aromatic heterocycles. The summed E-state index contributed by atoms with van der Waals surface area (Å²) >= 11 is 0. The van der Waals surface area contributed by atoms with Gasteiger partial charge in [0.05, 0.1) is 12.5 Å². The number of ether oxygens (including phenoxy) is 1. The summed E-state index contributed by atoms with van der Waals surface area (Å²) in [7, 11) is 1.53. The van der Waals surface area contributed by atoms with E-state index in [-0.39, 0.29) is 11.4 Å². The maximum absolute atomic E-state index is 12.4. The van der Waals surface area contributed by atoms with Crippen LogP contribution in [0.1, 0.15) is 51.0 Å². The van der Waals surface area contributed by atoms with Gasteiger partial charge in [0.25, 0.3) is 0 Å². The molecule has 0 radical (unpaired) electrons. The number of carbonyl (C=O) groups excluding carboxylic acids is 1. The van der Waals surface area contributed by atoms with Crippen molar-refractivity contribution in [1.29, 1.82) is 0 Å².